The maximum Gasteiger partial charge on any atom is 2.00 e. The molecular weight excluding hydrogens is 472 g/mol. The third-order valence-electron chi connectivity index (χ3n) is 3.80. The number of aliphatic hydroxyl groups is 2. The normalized spacial score (nSPS) is 10.9. The number of aliphatic hydroxyl groups excluding tert-OH is 2. The molecule has 0 saturated heterocycles. The molecule has 192 valence electrons. The molecule has 0 radical (unpaired) electrons. The zero-order valence-electron chi connectivity index (χ0n) is 22.0. The maximum atomic E-state index is 8.06. The minimum absolute atomic E-state index is 0. The first-order chi connectivity index (χ1) is 16.3. The Morgan fingerprint density at radius 3 is 1.63 bits per heavy atom. The van der Waals surface area contributed by atoms with Crippen LogP contribution in [0.4, 0.5) is 0 Å². The zero-order chi connectivity index (χ0) is 25.4. The molecule has 5 heteroatoms. The number of hydrogen-bond acceptors (Lipinski definition) is 4. The van der Waals surface area contributed by atoms with Crippen LogP contribution >= 0.6 is 0 Å². The van der Waals surface area contributed by atoms with Crippen LogP contribution in [0.2, 0.25) is 0 Å². The van der Waals surface area contributed by atoms with Gasteiger partial charge in [-0.3, -0.25) is 6.08 Å². The Balaban J connectivity index is 0. The number of rotatable bonds is 12. The summed E-state index contributed by atoms with van der Waals surface area (Å²) in [6.45, 7) is 13.7. The average Bonchev–Trinajstić information content (AvgIpc) is 2.79. The van der Waals surface area contributed by atoms with Crippen LogP contribution in [0.3, 0.4) is 0 Å². The Bertz CT molecular complexity index is 732. The van der Waals surface area contributed by atoms with Crippen molar-refractivity contribution < 1.29 is 41.4 Å². The topological polar surface area (TPSA) is 58.9 Å². The number of allylic oxidation sites excluding steroid dienone is 2. The molecule has 0 heterocycles. The van der Waals surface area contributed by atoms with Gasteiger partial charge in [-0.25, -0.2) is 18.6 Å². The molecule has 2 aromatic carbocycles. The van der Waals surface area contributed by atoms with Crippen molar-refractivity contribution in [2.24, 2.45) is 0 Å². The van der Waals surface area contributed by atoms with Gasteiger partial charge < -0.3 is 25.8 Å². The molecule has 2 rings (SSSR count). The van der Waals surface area contributed by atoms with Gasteiger partial charge >= 0.3 is 21.7 Å². The minimum Gasteiger partial charge on any atom is -0.499 e. The molecule has 4 nitrogen and oxygen atoms in total. The van der Waals surface area contributed by atoms with Gasteiger partial charge in [-0.2, -0.15) is 6.42 Å². The van der Waals surface area contributed by atoms with Gasteiger partial charge in [-0.1, -0.05) is 67.1 Å². The van der Waals surface area contributed by atoms with E-state index in [2.05, 4.69) is 43.3 Å². The maximum absolute atomic E-state index is 8.06. The van der Waals surface area contributed by atoms with E-state index in [1.807, 2.05) is 42.5 Å². The fraction of sp³-hybridized carbons (Fsp3) is 0.433. The van der Waals surface area contributed by atoms with E-state index in [1.165, 1.54) is 11.1 Å². The first-order valence-electron chi connectivity index (χ1n) is 12.0. The van der Waals surface area contributed by atoms with Crippen molar-refractivity contribution in [3.63, 3.8) is 0 Å². The van der Waals surface area contributed by atoms with Gasteiger partial charge in [0.15, 0.2) is 0 Å². The van der Waals surface area contributed by atoms with E-state index in [0.29, 0.717) is 26.4 Å². The third-order valence-corrected chi connectivity index (χ3v) is 3.80. The number of hydrogen-bond donors (Lipinski definition) is 2. The Morgan fingerprint density at radius 1 is 0.800 bits per heavy atom. The van der Waals surface area contributed by atoms with Crippen LogP contribution in [0.1, 0.15) is 58.1 Å². The molecule has 0 amide bonds. The molecule has 2 N–H and O–H groups in total. The number of benzene rings is 2. The van der Waals surface area contributed by atoms with Gasteiger partial charge in [0, 0.05) is 25.4 Å². The molecule has 2 aromatic rings. The first-order valence-corrected chi connectivity index (χ1v) is 12.0. The molecule has 0 aromatic heterocycles. The smallest absolute Gasteiger partial charge is 0.499 e. The summed E-state index contributed by atoms with van der Waals surface area (Å²) in [7, 11) is 0. The van der Waals surface area contributed by atoms with Gasteiger partial charge in [-0.05, 0) is 45.2 Å². The van der Waals surface area contributed by atoms with Crippen molar-refractivity contribution in [1.82, 2.24) is 0 Å². The van der Waals surface area contributed by atoms with Crippen molar-refractivity contribution in [1.29, 1.82) is 0 Å². The third kappa shape index (κ3) is 28.5. The Morgan fingerprint density at radius 2 is 1.20 bits per heavy atom. The summed E-state index contributed by atoms with van der Waals surface area (Å²) in [6, 6.07) is 20.4. The summed E-state index contributed by atoms with van der Waals surface area (Å²) in [5, 5.41) is 16.1. The quantitative estimate of drug-likeness (QED) is 0.193. The van der Waals surface area contributed by atoms with Crippen LogP contribution < -0.4 is 0 Å². The minimum atomic E-state index is -0.167. The Kier molecular flexibility index (Phi) is 25.8. The van der Waals surface area contributed by atoms with Crippen LogP contribution in [0.5, 0.6) is 0 Å². The molecule has 35 heavy (non-hydrogen) atoms. The van der Waals surface area contributed by atoms with Crippen LogP contribution in [0.25, 0.3) is 0 Å². The standard InChI is InChI=1S/C24H28O2.2C3H8O.Ti/c1-22(13-11-19-26-21-24-16-8-3-9-17-24)12-5-4-10-18-25-20-23-14-6-2-7-15-23;2*1-3(2)4;/h2-4,6-9,13-17H,1,10-12,18-21H2;2*3-4H,1-2H3;/q-2;;;+2/b22-13+;;;. The van der Waals surface area contributed by atoms with Gasteiger partial charge in [-0.15, -0.1) is 0 Å². The summed E-state index contributed by atoms with van der Waals surface area (Å²) >= 11 is 0. The van der Waals surface area contributed by atoms with Crippen LogP contribution in [0, 0.1) is 13.0 Å². The van der Waals surface area contributed by atoms with E-state index in [-0.39, 0.29) is 33.9 Å². The first kappa shape index (κ1) is 35.5. The van der Waals surface area contributed by atoms with E-state index in [9.17, 15) is 0 Å². The van der Waals surface area contributed by atoms with Crippen LogP contribution in [-0.2, 0) is 44.4 Å². The molecule has 0 spiro atoms. The molecule has 0 bridgehead atoms. The van der Waals surface area contributed by atoms with Crippen molar-refractivity contribution in [2.75, 3.05) is 13.2 Å². The molecule has 0 fully saturated rings. The van der Waals surface area contributed by atoms with E-state index in [4.69, 9.17) is 19.7 Å². The van der Waals surface area contributed by atoms with Crippen LogP contribution in [0.15, 0.2) is 78.4 Å². The molecule has 0 saturated carbocycles. The fourth-order valence-electron chi connectivity index (χ4n) is 2.39. The largest absolute Gasteiger partial charge is 2.00 e. The van der Waals surface area contributed by atoms with Crippen molar-refractivity contribution >= 4 is 0 Å². The fourth-order valence-corrected chi connectivity index (χ4v) is 2.39. The molecule has 0 atom stereocenters. The average molecular weight is 517 g/mol. The Hall–Kier alpha value is -1.66. The van der Waals surface area contributed by atoms with Crippen molar-refractivity contribution in [3.05, 3.63) is 103 Å². The molecule has 0 unspecified atom stereocenters. The van der Waals surface area contributed by atoms with E-state index in [1.54, 1.807) is 27.7 Å². The Labute approximate surface area is 229 Å². The van der Waals surface area contributed by atoms with Gasteiger partial charge in [0.05, 0.1) is 13.2 Å². The summed E-state index contributed by atoms with van der Waals surface area (Å²) in [6.07, 6.45) is 9.62. The molecule has 0 aliphatic carbocycles. The summed E-state index contributed by atoms with van der Waals surface area (Å²) in [5.74, 6) is 0. The summed E-state index contributed by atoms with van der Waals surface area (Å²) < 4.78 is 11.3. The van der Waals surface area contributed by atoms with E-state index >= 15 is 0 Å². The molecular formula is C30H44O4Ti. The van der Waals surface area contributed by atoms with E-state index in [0.717, 1.165) is 24.8 Å². The molecule has 0 aliphatic heterocycles. The second kappa shape index (κ2) is 25.4. The van der Waals surface area contributed by atoms with Gasteiger partial charge in [0.25, 0.3) is 0 Å². The predicted octanol–water partition coefficient (Wildman–Crippen LogP) is 6.48. The monoisotopic (exact) mass is 516 g/mol. The SMILES string of the molecule is CC(C)O.CC(C)O.[CH2-]/C(=C\CCOCc1ccccc1)C[C-]=CCCOCc1ccccc1.[Ti+2]. The van der Waals surface area contributed by atoms with Gasteiger partial charge in [0.1, 0.15) is 0 Å². The van der Waals surface area contributed by atoms with Crippen molar-refractivity contribution in [3.8, 4) is 0 Å². The zero-order valence-corrected chi connectivity index (χ0v) is 23.5. The second-order valence-corrected chi connectivity index (χ2v) is 8.29. The predicted molar refractivity (Wildman–Crippen MR) is 142 cm³/mol. The number of ether oxygens (including phenoxy) is 2. The summed E-state index contributed by atoms with van der Waals surface area (Å²) in [4.78, 5) is 0. The summed E-state index contributed by atoms with van der Waals surface area (Å²) in [5.41, 5.74) is 3.49. The molecule has 0 aliphatic rings. The van der Waals surface area contributed by atoms with E-state index < -0.39 is 0 Å². The van der Waals surface area contributed by atoms with Crippen molar-refractivity contribution in [2.45, 2.75) is 72.4 Å². The van der Waals surface area contributed by atoms with Gasteiger partial charge in [0.2, 0.25) is 0 Å². The van der Waals surface area contributed by atoms with Crippen LogP contribution in [-0.4, -0.2) is 35.6 Å². The second-order valence-electron chi connectivity index (χ2n) is 8.29.